The fraction of sp³-hybridized carbons (Fsp3) is 0.625. The second kappa shape index (κ2) is 6.51. The van der Waals surface area contributed by atoms with Crippen molar-refractivity contribution in [1.82, 2.24) is 0 Å². The summed E-state index contributed by atoms with van der Waals surface area (Å²) < 4.78 is 12.0. The van der Waals surface area contributed by atoms with Crippen LogP contribution in [-0.4, -0.2) is 19.3 Å². The van der Waals surface area contributed by atoms with Crippen LogP contribution in [0.4, 0.5) is 0 Å². The fourth-order valence-electron chi connectivity index (χ4n) is 2.50. The Morgan fingerprint density at radius 1 is 1.32 bits per heavy atom. The molecule has 0 bridgehead atoms. The van der Waals surface area contributed by atoms with Crippen LogP contribution >= 0.6 is 0 Å². The lowest BCUT2D eigenvalue weighted by atomic mass is 10.0. The Morgan fingerprint density at radius 2 is 2.05 bits per heavy atom. The molecule has 1 aliphatic rings. The highest BCUT2D eigenvalue weighted by Crippen LogP contribution is 2.35. The molecular weight excluding hydrogens is 238 g/mol. The maximum Gasteiger partial charge on any atom is 0.192 e. The molecule has 2 atom stereocenters. The molecule has 2 N–H and O–H groups in total. The lowest BCUT2D eigenvalue weighted by molar-refractivity contribution is -0.162. The van der Waals surface area contributed by atoms with Crippen LogP contribution < -0.4 is 5.73 Å². The van der Waals surface area contributed by atoms with Crippen molar-refractivity contribution in [3.8, 4) is 0 Å². The van der Waals surface area contributed by atoms with Crippen LogP contribution in [-0.2, 0) is 21.7 Å². The van der Waals surface area contributed by atoms with Gasteiger partial charge in [0.2, 0.25) is 0 Å². The van der Waals surface area contributed by atoms with Crippen LogP contribution in [0.15, 0.2) is 24.3 Å². The van der Waals surface area contributed by atoms with Crippen LogP contribution in [0, 0.1) is 0 Å². The number of unbranched alkanes of at least 4 members (excludes halogenated alkanes) is 1. The predicted octanol–water partition coefficient (Wildman–Crippen LogP) is 2.97. The molecule has 1 fully saturated rings. The molecule has 0 amide bonds. The van der Waals surface area contributed by atoms with Gasteiger partial charge in [0.1, 0.15) is 0 Å². The van der Waals surface area contributed by atoms with Crippen molar-refractivity contribution in [3.05, 3.63) is 35.4 Å². The molecule has 19 heavy (non-hydrogen) atoms. The van der Waals surface area contributed by atoms with Crippen molar-refractivity contribution in [3.63, 3.8) is 0 Å². The van der Waals surface area contributed by atoms with E-state index in [1.807, 2.05) is 6.92 Å². The maximum atomic E-state index is 6.09. The van der Waals surface area contributed by atoms with E-state index in [2.05, 4.69) is 31.2 Å². The van der Waals surface area contributed by atoms with Gasteiger partial charge in [-0.3, -0.25) is 0 Å². The molecule has 0 saturated carbocycles. The van der Waals surface area contributed by atoms with E-state index in [-0.39, 0.29) is 6.10 Å². The Balaban J connectivity index is 2.00. The van der Waals surface area contributed by atoms with Crippen LogP contribution in [0.25, 0.3) is 0 Å². The molecule has 1 aromatic rings. The van der Waals surface area contributed by atoms with Gasteiger partial charge < -0.3 is 15.2 Å². The molecule has 1 heterocycles. The Bertz CT molecular complexity index is 390. The smallest absolute Gasteiger partial charge is 0.192 e. The zero-order valence-electron chi connectivity index (χ0n) is 12.0. The molecule has 106 valence electrons. The predicted molar refractivity (Wildman–Crippen MR) is 76.9 cm³/mol. The van der Waals surface area contributed by atoms with E-state index in [4.69, 9.17) is 15.2 Å². The van der Waals surface area contributed by atoms with Crippen molar-refractivity contribution in [2.75, 3.05) is 13.2 Å². The molecule has 1 aliphatic heterocycles. The molecule has 2 unspecified atom stereocenters. The number of rotatable bonds is 6. The number of benzene rings is 1. The summed E-state index contributed by atoms with van der Waals surface area (Å²) >= 11 is 0. The third-order valence-electron chi connectivity index (χ3n) is 3.73. The second-order valence-corrected chi connectivity index (χ2v) is 5.37. The summed E-state index contributed by atoms with van der Waals surface area (Å²) in [5.74, 6) is -0.584. The maximum absolute atomic E-state index is 6.09. The molecule has 0 aromatic heterocycles. The summed E-state index contributed by atoms with van der Waals surface area (Å²) in [6.45, 7) is 5.59. The van der Waals surface area contributed by atoms with E-state index in [0.29, 0.717) is 13.2 Å². The molecule has 3 heteroatoms. The van der Waals surface area contributed by atoms with Gasteiger partial charge in [0, 0.05) is 5.56 Å². The van der Waals surface area contributed by atoms with E-state index in [9.17, 15) is 0 Å². The molecule has 1 saturated heterocycles. The number of hydrogen-bond acceptors (Lipinski definition) is 3. The Kier molecular flexibility index (Phi) is 4.97. The van der Waals surface area contributed by atoms with Gasteiger partial charge in [-0.15, -0.1) is 0 Å². The second-order valence-electron chi connectivity index (χ2n) is 5.37. The van der Waals surface area contributed by atoms with Gasteiger partial charge >= 0.3 is 0 Å². The minimum absolute atomic E-state index is 0.230. The van der Waals surface area contributed by atoms with Crippen LogP contribution in [0.5, 0.6) is 0 Å². The van der Waals surface area contributed by atoms with Gasteiger partial charge in [-0.25, -0.2) is 0 Å². The van der Waals surface area contributed by atoms with Crippen molar-refractivity contribution in [2.24, 2.45) is 5.73 Å². The normalized spacial score (nSPS) is 26.8. The highest BCUT2D eigenvalue weighted by atomic mass is 16.7. The fourth-order valence-corrected chi connectivity index (χ4v) is 2.50. The van der Waals surface area contributed by atoms with E-state index in [0.717, 1.165) is 18.4 Å². The highest BCUT2D eigenvalue weighted by Gasteiger charge is 2.38. The van der Waals surface area contributed by atoms with Gasteiger partial charge in [-0.1, -0.05) is 44.0 Å². The molecule has 0 aliphatic carbocycles. The van der Waals surface area contributed by atoms with Crippen molar-refractivity contribution in [1.29, 1.82) is 0 Å². The average Bonchev–Trinajstić information content (AvgIpc) is 2.81. The van der Waals surface area contributed by atoms with Crippen LogP contribution in [0.1, 0.15) is 44.2 Å². The van der Waals surface area contributed by atoms with Crippen LogP contribution in [0.3, 0.4) is 0 Å². The molecule has 1 aromatic carbocycles. The van der Waals surface area contributed by atoms with Crippen molar-refractivity contribution in [2.45, 2.75) is 51.4 Å². The summed E-state index contributed by atoms with van der Waals surface area (Å²) in [4.78, 5) is 0. The van der Waals surface area contributed by atoms with Crippen molar-refractivity contribution < 1.29 is 9.47 Å². The Morgan fingerprint density at radius 3 is 2.68 bits per heavy atom. The zero-order chi connectivity index (χ0) is 13.7. The van der Waals surface area contributed by atoms with Crippen LogP contribution in [0.2, 0.25) is 0 Å². The first kappa shape index (κ1) is 14.5. The van der Waals surface area contributed by atoms with E-state index < -0.39 is 5.79 Å². The number of hydrogen-bond donors (Lipinski definition) is 1. The highest BCUT2D eigenvalue weighted by molar-refractivity contribution is 5.26. The molecular formula is C16H25NO2. The monoisotopic (exact) mass is 263 g/mol. The Labute approximate surface area is 116 Å². The van der Waals surface area contributed by atoms with E-state index in [1.165, 1.54) is 18.4 Å². The molecule has 0 spiro atoms. The van der Waals surface area contributed by atoms with E-state index >= 15 is 0 Å². The summed E-state index contributed by atoms with van der Waals surface area (Å²) in [6.07, 6.45) is 4.62. The summed E-state index contributed by atoms with van der Waals surface area (Å²) in [7, 11) is 0. The van der Waals surface area contributed by atoms with E-state index in [1.54, 1.807) is 0 Å². The number of nitrogens with two attached hydrogens (primary N) is 1. The quantitative estimate of drug-likeness (QED) is 0.858. The molecule has 0 radical (unpaired) electrons. The number of ether oxygens (including phenoxy) is 2. The SMILES string of the molecule is CCCCC1COC(C)(c2ccc(CCN)cc2)O1. The third kappa shape index (κ3) is 3.56. The standard InChI is InChI=1S/C16H25NO2/c1-3-4-5-15-12-18-16(2,19-15)14-8-6-13(7-9-14)10-11-17/h6-9,15H,3-5,10-12,17H2,1-2H3. The van der Waals surface area contributed by atoms with Gasteiger partial charge in [0.05, 0.1) is 12.7 Å². The summed E-state index contributed by atoms with van der Waals surface area (Å²) in [5.41, 5.74) is 7.91. The summed E-state index contributed by atoms with van der Waals surface area (Å²) in [6, 6.07) is 8.40. The minimum atomic E-state index is -0.584. The Hall–Kier alpha value is -0.900. The van der Waals surface area contributed by atoms with Gasteiger partial charge in [0.15, 0.2) is 5.79 Å². The lowest BCUT2D eigenvalue weighted by Gasteiger charge is -2.24. The first-order chi connectivity index (χ1) is 9.18. The average molecular weight is 263 g/mol. The van der Waals surface area contributed by atoms with Gasteiger partial charge in [-0.05, 0) is 31.9 Å². The topological polar surface area (TPSA) is 44.5 Å². The largest absolute Gasteiger partial charge is 0.343 e. The minimum Gasteiger partial charge on any atom is -0.343 e. The van der Waals surface area contributed by atoms with Gasteiger partial charge in [-0.2, -0.15) is 0 Å². The lowest BCUT2D eigenvalue weighted by Crippen LogP contribution is -2.23. The first-order valence-corrected chi connectivity index (χ1v) is 7.29. The summed E-state index contributed by atoms with van der Waals surface area (Å²) in [5, 5.41) is 0. The van der Waals surface area contributed by atoms with Crippen molar-refractivity contribution >= 4 is 0 Å². The zero-order valence-corrected chi connectivity index (χ0v) is 12.0. The molecule has 3 nitrogen and oxygen atoms in total. The first-order valence-electron chi connectivity index (χ1n) is 7.29. The molecule has 2 rings (SSSR count). The third-order valence-corrected chi connectivity index (χ3v) is 3.73. The van der Waals surface area contributed by atoms with Gasteiger partial charge in [0.25, 0.3) is 0 Å².